The zero-order chi connectivity index (χ0) is 81.5. The van der Waals surface area contributed by atoms with E-state index in [4.69, 9.17) is 42.6 Å². The Morgan fingerprint density at radius 2 is 0.945 bits per heavy atom. The van der Waals surface area contributed by atoms with E-state index in [2.05, 4.69) is 29.8 Å². The van der Waals surface area contributed by atoms with Gasteiger partial charge in [-0.1, -0.05) is 206 Å². The van der Waals surface area contributed by atoms with Crippen LogP contribution in [0.3, 0.4) is 0 Å². The van der Waals surface area contributed by atoms with Crippen molar-refractivity contribution < 1.29 is 159 Å². The minimum absolute atomic E-state index is 0.0897. The van der Waals surface area contributed by atoms with Crippen molar-refractivity contribution in [3.05, 3.63) is 0 Å². The van der Waals surface area contributed by atoms with Gasteiger partial charge in [-0.15, -0.1) is 0 Å². The van der Waals surface area contributed by atoms with Crippen LogP contribution < -0.4 is 16.0 Å². The topological polar surface area (TPSA) is 569 Å². The lowest BCUT2D eigenvalue weighted by atomic mass is 9.88. The number of carboxylic acid groups (broad SMARTS) is 2. The Morgan fingerprint density at radius 3 is 1.40 bits per heavy atom. The second kappa shape index (κ2) is 52.8. The van der Waals surface area contributed by atoms with E-state index in [-0.39, 0.29) is 12.8 Å². The van der Waals surface area contributed by atoms with Crippen molar-refractivity contribution in [3.8, 4) is 0 Å². The Kier molecular flexibility index (Phi) is 47.4. The fourth-order valence-corrected chi connectivity index (χ4v) is 14.7. The van der Waals surface area contributed by atoms with Crippen LogP contribution in [-0.4, -0.2) is 327 Å². The number of aliphatic carboxylic acids is 2. The van der Waals surface area contributed by atoms with Gasteiger partial charge in [-0.25, -0.2) is 9.59 Å². The van der Waals surface area contributed by atoms with E-state index in [0.717, 1.165) is 78.2 Å². The van der Waals surface area contributed by atoms with Gasteiger partial charge in [0.05, 0.1) is 69.5 Å². The molecule has 4 rings (SSSR count). The molecular formula is C75H137N3O32. The number of methoxy groups -OCH3 is 1. The Balaban J connectivity index is 1.45. The summed E-state index contributed by atoms with van der Waals surface area (Å²) in [4.78, 5) is 65.9. The van der Waals surface area contributed by atoms with E-state index in [1.165, 1.54) is 116 Å². The van der Waals surface area contributed by atoms with Crippen molar-refractivity contribution in [2.75, 3.05) is 46.8 Å². The van der Waals surface area contributed by atoms with Crippen LogP contribution >= 0.6 is 0 Å². The average Bonchev–Trinajstić information content (AvgIpc) is 0.417. The first-order valence-electron chi connectivity index (χ1n) is 40.3. The molecule has 110 heavy (non-hydrogen) atoms. The van der Waals surface area contributed by atoms with Crippen LogP contribution in [0, 0.1) is 0 Å². The third kappa shape index (κ3) is 31.4. The lowest BCUT2D eigenvalue weighted by Gasteiger charge is -2.50. The molecule has 21 N–H and O–H groups in total. The van der Waals surface area contributed by atoms with Gasteiger partial charge in [-0.3, -0.25) is 14.4 Å². The summed E-state index contributed by atoms with van der Waals surface area (Å²) in [5.74, 6) is -13.7. The number of nitrogens with one attached hydrogen (secondary N) is 3. The van der Waals surface area contributed by atoms with Crippen molar-refractivity contribution >= 4 is 29.7 Å². The summed E-state index contributed by atoms with van der Waals surface area (Å²) in [6.07, 6.45) is -11.3. The molecule has 0 radical (unpaired) electrons. The Labute approximate surface area is 645 Å². The first kappa shape index (κ1) is 98.7. The Hall–Kier alpha value is -3.65. The summed E-state index contributed by atoms with van der Waals surface area (Å²) in [6, 6.07) is -5.10. The number of rotatable bonds is 59. The monoisotopic (exact) mass is 1590 g/mol. The van der Waals surface area contributed by atoms with Gasteiger partial charge in [0.2, 0.25) is 17.7 Å². The predicted molar refractivity (Wildman–Crippen MR) is 390 cm³/mol. The SMILES string of the molecule is CCCCCCCCCCCCCCCCCCCC[C@@H](O)C(=O)N[C@@H](CO[C@@H]1O[C@H](CO)[C@@H](O[C@H]2O[C@H](CO)[C@H](O)[C@H](O[C@]3(C(=O)O)C[C@H](O)[C@@H](NC(=O)CO[C@]4(C(=O)O)C[C@H](O)[C@@H](NC(C)=O)[C@H]([C@H](O)[C@@H](CO)OC)O4)[C@H](C(O)C(O)CO)O3)[C@H]2O)[C@H](O)[C@H]1O)[C@H](O)[C@H](O)CCCCCCCCCCCCCC. The highest BCUT2D eigenvalue weighted by molar-refractivity contribution is 5.81. The van der Waals surface area contributed by atoms with Gasteiger partial charge in [0.1, 0.15) is 104 Å². The van der Waals surface area contributed by atoms with Crippen molar-refractivity contribution in [3.63, 3.8) is 0 Å². The zero-order valence-electron chi connectivity index (χ0n) is 64.9. The lowest BCUT2D eigenvalue weighted by molar-refractivity contribution is -0.386. The molecule has 2 unspecified atom stereocenters. The second-order valence-electron chi connectivity index (χ2n) is 30.2. The molecule has 35 nitrogen and oxygen atoms in total. The summed E-state index contributed by atoms with van der Waals surface area (Å²) in [6.45, 7) is -1.05. The number of hydrogen-bond donors (Lipinski definition) is 21. The molecule has 644 valence electrons. The molecular weight excluding hydrogens is 1450 g/mol. The number of carbonyl (C=O) groups is 5. The lowest BCUT2D eigenvalue weighted by Crippen LogP contribution is -2.71. The minimum Gasteiger partial charge on any atom is -0.477 e. The maximum absolute atomic E-state index is 13.8. The molecule has 0 bridgehead atoms. The van der Waals surface area contributed by atoms with E-state index in [0.29, 0.717) is 12.8 Å². The molecule has 0 aromatic heterocycles. The highest BCUT2D eigenvalue weighted by Crippen LogP contribution is 2.40. The summed E-state index contributed by atoms with van der Waals surface area (Å²) < 4.78 is 50.9. The molecule has 0 aromatic rings. The third-order valence-electron chi connectivity index (χ3n) is 21.4. The standard InChI is InChI=1S/C75H137N3O32/c1-5-7-9-11-13-15-17-19-20-21-22-23-24-26-28-30-32-34-36-48(85)69(97)77-46(58(90)47(84)35-33-31-29-27-25-18-16-14-12-10-8-6-2)43-103-70-63(95)62(94)65(54(42-82)106-70)107-71-64(96)68(61(93)53(41-81)105-71)110-75(73(100)101)38-50(87)57(66(109-75)59(91)51(88)39-79)78-55(89)44-104-74(72(98)99)37-49(86)56(76-45(3)83)67(108-74)60(92)52(40-80)102-4/h46-54,56-68,70-71,79-82,84-88,90-96H,5-44H2,1-4H3,(H,76,83)(H,77,97)(H,78,89)(H,98,99)(H,100,101)/t46-,47+,48+,49-,50-,51?,52+,53+,54+,56+,57+,58-,59?,60+,61-,62+,63+,64+,65+,66+,67+,68-,70+,71+,74+,75-/m0/s1. The fraction of sp³-hybridized carbons (Fsp3) is 0.933. The normalized spacial score (nSPS) is 30.8. The predicted octanol–water partition coefficient (Wildman–Crippen LogP) is -0.308. The number of hydrogen-bond acceptors (Lipinski definition) is 30. The number of aliphatic hydroxyl groups excluding tert-OH is 16. The van der Waals surface area contributed by atoms with Gasteiger partial charge in [-0.05, 0) is 12.8 Å². The molecule has 0 aliphatic carbocycles. The van der Waals surface area contributed by atoms with Gasteiger partial charge < -0.3 is 150 Å². The van der Waals surface area contributed by atoms with Crippen LogP contribution in [0.5, 0.6) is 0 Å². The molecule has 4 aliphatic rings. The average molecular weight is 1590 g/mol. The van der Waals surface area contributed by atoms with Crippen LogP contribution in [0.15, 0.2) is 0 Å². The highest BCUT2D eigenvalue weighted by atomic mass is 16.8. The van der Waals surface area contributed by atoms with Gasteiger partial charge in [0.15, 0.2) is 12.6 Å². The van der Waals surface area contributed by atoms with Gasteiger partial charge in [0, 0.05) is 26.9 Å². The third-order valence-corrected chi connectivity index (χ3v) is 21.4. The summed E-state index contributed by atoms with van der Waals surface area (Å²) in [7, 11) is 1.06. The van der Waals surface area contributed by atoms with Crippen LogP contribution in [0.1, 0.15) is 239 Å². The molecule has 26 atom stereocenters. The number of ether oxygens (including phenoxy) is 9. The van der Waals surface area contributed by atoms with Crippen LogP contribution in [0.25, 0.3) is 0 Å². The van der Waals surface area contributed by atoms with Gasteiger partial charge in [-0.2, -0.15) is 0 Å². The van der Waals surface area contributed by atoms with Crippen LogP contribution in [0.4, 0.5) is 0 Å². The smallest absolute Gasteiger partial charge is 0.364 e. The maximum atomic E-state index is 13.8. The van der Waals surface area contributed by atoms with Crippen molar-refractivity contribution in [2.45, 2.75) is 397 Å². The fourth-order valence-electron chi connectivity index (χ4n) is 14.7. The molecule has 0 aromatic carbocycles. The van der Waals surface area contributed by atoms with Crippen LogP contribution in [0.2, 0.25) is 0 Å². The minimum atomic E-state index is -3.39. The van der Waals surface area contributed by atoms with Crippen LogP contribution in [-0.2, 0) is 66.6 Å². The molecule has 4 aliphatic heterocycles. The van der Waals surface area contributed by atoms with E-state index in [1.807, 2.05) is 0 Å². The van der Waals surface area contributed by atoms with E-state index >= 15 is 0 Å². The van der Waals surface area contributed by atoms with Crippen molar-refractivity contribution in [1.29, 1.82) is 0 Å². The highest BCUT2D eigenvalue weighted by Gasteiger charge is 2.61. The first-order chi connectivity index (χ1) is 52.6. The largest absolute Gasteiger partial charge is 0.477 e. The molecule has 0 saturated carbocycles. The van der Waals surface area contributed by atoms with E-state index in [1.54, 1.807) is 0 Å². The number of carbonyl (C=O) groups excluding carboxylic acids is 3. The number of amides is 3. The Morgan fingerprint density at radius 1 is 0.500 bits per heavy atom. The Bertz CT molecular complexity index is 2540. The molecule has 4 fully saturated rings. The molecule has 4 heterocycles. The molecule has 3 amide bonds. The number of unbranched alkanes of at least 4 members (excludes halogenated alkanes) is 28. The summed E-state index contributed by atoms with van der Waals surface area (Å²) >= 11 is 0. The van der Waals surface area contributed by atoms with Gasteiger partial charge in [0.25, 0.3) is 11.6 Å². The molecule has 4 saturated heterocycles. The van der Waals surface area contributed by atoms with Crippen molar-refractivity contribution in [2.24, 2.45) is 0 Å². The summed E-state index contributed by atoms with van der Waals surface area (Å²) in [5.41, 5.74) is 0. The maximum Gasteiger partial charge on any atom is 0.364 e. The zero-order valence-corrected chi connectivity index (χ0v) is 64.9. The quantitative estimate of drug-likeness (QED) is 0.0347. The van der Waals surface area contributed by atoms with Gasteiger partial charge >= 0.3 is 11.9 Å². The molecule has 35 heteroatoms. The molecule has 0 spiro atoms. The van der Waals surface area contributed by atoms with E-state index in [9.17, 15) is 116 Å². The first-order valence-corrected chi connectivity index (χ1v) is 40.3. The second-order valence-corrected chi connectivity index (χ2v) is 30.2. The van der Waals surface area contributed by atoms with Crippen molar-refractivity contribution in [1.82, 2.24) is 16.0 Å². The number of carboxylic acids is 2. The van der Waals surface area contributed by atoms with E-state index < -0.39 is 240 Å². The number of aliphatic hydroxyl groups is 16. The summed E-state index contributed by atoms with van der Waals surface area (Å²) in [5, 5.41) is 206.